The summed E-state index contributed by atoms with van der Waals surface area (Å²) in [7, 11) is 0. The van der Waals surface area contributed by atoms with Gasteiger partial charge in [-0.2, -0.15) is 0 Å². The lowest BCUT2D eigenvalue weighted by atomic mass is 9.85. The minimum atomic E-state index is -0.0567. The normalized spacial score (nSPS) is 20.2. The highest BCUT2D eigenvalue weighted by Crippen LogP contribution is 2.51. The second-order valence-electron chi connectivity index (χ2n) is 10.5. The molecule has 1 amide bonds. The summed E-state index contributed by atoms with van der Waals surface area (Å²) in [5.74, 6) is 1.01. The molecule has 0 spiro atoms. The molecule has 2 atom stereocenters. The van der Waals surface area contributed by atoms with Gasteiger partial charge in [0.25, 0.3) is 0 Å². The molecule has 2 fully saturated rings. The molecule has 2 saturated heterocycles. The zero-order chi connectivity index (χ0) is 25.6. The van der Waals surface area contributed by atoms with E-state index in [9.17, 15) is 4.79 Å². The predicted octanol–water partition coefficient (Wildman–Crippen LogP) is 7.13. The minimum absolute atomic E-state index is 0.0567. The Labute approximate surface area is 227 Å². The quantitative estimate of drug-likeness (QED) is 0.266. The Balaban J connectivity index is 1.29. The fourth-order valence-corrected chi connectivity index (χ4v) is 7.68. The van der Waals surface area contributed by atoms with Crippen molar-refractivity contribution >= 4 is 28.9 Å². The van der Waals surface area contributed by atoms with Gasteiger partial charge in [0.1, 0.15) is 5.82 Å². The Hall–Kier alpha value is -3.61. The largest absolute Gasteiger partial charge is 0.348 e. The molecular formula is C32H30N4OS. The van der Waals surface area contributed by atoms with E-state index in [4.69, 9.17) is 0 Å². The summed E-state index contributed by atoms with van der Waals surface area (Å²) in [5.41, 5.74) is 8.74. The van der Waals surface area contributed by atoms with Gasteiger partial charge in [-0.25, -0.2) is 4.98 Å². The fraction of sp³-hybridized carbons (Fsp3) is 0.250. The van der Waals surface area contributed by atoms with Crippen LogP contribution in [0.25, 0.3) is 16.7 Å². The van der Waals surface area contributed by atoms with Gasteiger partial charge in [-0.3, -0.25) is 9.69 Å². The maximum absolute atomic E-state index is 11.8. The van der Waals surface area contributed by atoms with Gasteiger partial charge in [-0.05, 0) is 66.1 Å². The molecule has 0 saturated carbocycles. The zero-order valence-electron chi connectivity index (χ0n) is 21.4. The minimum Gasteiger partial charge on any atom is -0.348 e. The molecule has 4 aromatic rings. The van der Waals surface area contributed by atoms with E-state index in [0.717, 1.165) is 42.0 Å². The maximum Gasteiger partial charge on any atom is 0.221 e. The number of carbonyl (C=O) groups is 1. The molecule has 3 aromatic carbocycles. The van der Waals surface area contributed by atoms with Crippen LogP contribution in [0.5, 0.6) is 0 Å². The van der Waals surface area contributed by atoms with Crippen LogP contribution in [0.4, 0.5) is 5.69 Å². The van der Waals surface area contributed by atoms with E-state index in [1.807, 2.05) is 42.4 Å². The molecule has 38 heavy (non-hydrogen) atoms. The topological polar surface area (TPSA) is 61.0 Å². The second kappa shape index (κ2) is 9.61. The number of nitrogens with one attached hydrogen (secondary N) is 2. The van der Waals surface area contributed by atoms with E-state index in [1.165, 1.54) is 39.3 Å². The van der Waals surface area contributed by atoms with Gasteiger partial charge in [0.15, 0.2) is 0 Å². The number of nitrogens with zero attached hydrogens (tertiary/aromatic N) is 2. The average Bonchev–Trinajstić information content (AvgIpc) is 3.51. The van der Waals surface area contributed by atoms with Gasteiger partial charge < -0.3 is 10.3 Å². The number of fused-ring (bicyclic) bond motifs is 4. The van der Waals surface area contributed by atoms with Gasteiger partial charge >= 0.3 is 0 Å². The molecule has 5 nitrogen and oxygen atoms in total. The lowest BCUT2D eigenvalue weighted by molar-refractivity contribution is -0.114. The van der Waals surface area contributed by atoms with Crippen molar-refractivity contribution in [2.45, 2.75) is 61.0 Å². The van der Waals surface area contributed by atoms with Gasteiger partial charge in [0.05, 0.1) is 6.54 Å². The number of carbonyl (C=O) groups excluding carboxylic acids is 1. The van der Waals surface area contributed by atoms with Crippen molar-refractivity contribution in [3.63, 3.8) is 0 Å². The van der Waals surface area contributed by atoms with Gasteiger partial charge in [-0.1, -0.05) is 65.9 Å². The number of hydrogen-bond donors (Lipinski definition) is 2. The lowest BCUT2D eigenvalue weighted by Gasteiger charge is -2.37. The van der Waals surface area contributed by atoms with Crippen molar-refractivity contribution in [2.24, 2.45) is 0 Å². The standard InChI is InChI=1S/C32H30N4OS/c1-20(37)35-28-8-4-2-6-25(28)21-10-13-27-30(18-21)38-29-9-5-3-7-26(29)32(27)22-16-23-11-12-24(17-22)36(23)19-31-33-14-15-34-31/h2-10,13-15,18,23-24H,11-12,16-17,19H2,1H3,(H,33,34)(H,35,37). The SMILES string of the molecule is CC(=O)Nc1ccccc1-c1ccc2c(c1)Sc1ccccc1C2=C1CC2CCC(C1)N2Cc1ncc[nH]1. The van der Waals surface area contributed by atoms with E-state index in [-0.39, 0.29) is 5.91 Å². The molecule has 1 aromatic heterocycles. The Bertz CT molecular complexity index is 1540. The number of aromatic amines is 1. The van der Waals surface area contributed by atoms with E-state index < -0.39 is 0 Å². The third-order valence-electron chi connectivity index (χ3n) is 8.15. The molecule has 2 N–H and O–H groups in total. The highest BCUT2D eigenvalue weighted by molar-refractivity contribution is 7.99. The Morgan fingerprint density at radius 1 is 0.974 bits per heavy atom. The number of para-hydroxylation sites is 1. The number of amides is 1. The van der Waals surface area contributed by atoms with Crippen LogP contribution in [0, 0.1) is 0 Å². The summed E-state index contributed by atoms with van der Waals surface area (Å²) in [6.07, 6.45) is 8.50. The highest BCUT2D eigenvalue weighted by atomic mass is 32.2. The fourth-order valence-electron chi connectivity index (χ4n) is 6.55. The van der Waals surface area contributed by atoms with Crippen LogP contribution in [0.2, 0.25) is 0 Å². The molecule has 3 aliphatic heterocycles. The van der Waals surface area contributed by atoms with Crippen LogP contribution in [-0.2, 0) is 11.3 Å². The Kier molecular flexibility index (Phi) is 5.94. The van der Waals surface area contributed by atoms with E-state index in [0.29, 0.717) is 12.1 Å². The third-order valence-corrected chi connectivity index (χ3v) is 9.29. The number of imidazole rings is 1. The monoisotopic (exact) mass is 518 g/mol. The first-order valence-electron chi connectivity index (χ1n) is 13.4. The van der Waals surface area contributed by atoms with Crippen LogP contribution < -0.4 is 5.32 Å². The molecule has 2 bridgehead atoms. The molecular weight excluding hydrogens is 488 g/mol. The number of benzene rings is 3. The Morgan fingerprint density at radius 2 is 1.71 bits per heavy atom. The summed E-state index contributed by atoms with van der Waals surface area (Å²) < 4.78 is 0. The number of piperidine rings is 1. The van der Waals surface area contributed by atoms with Crippen LogP contribution >= 0.6 is 11.8 Å². The second-order valence-corrected chi connectivity index (χ2v) is 11.6. The summed E-state index contributed by atoms with van der Waals surface area (Å²) in [6, 6.07) is 24.9. The van der Waals surface area contributed by atoms with Crippen molar-refractivity contribution in [1.29, 1.82) is 0 Å². The zero-order valence-corrected chi connectivity index (χ0v) is 22.2. The smallest absolute Gasteiger partial charge is 0.221 e. The average molecular weight is 519 g/mol. The molecule has 0 radical (unpaired) electrons. The first kappa shape index (κ1) is 23.5. The molecule has 3 aliphatic rings. The van der Waals surface area contributed by atoms with Gasteiger partial charge in [0.2, 0.25) is 5.91 Å². The summed E-state index contributed by atoms with van der Waals surface area (Å²) in [5, 5.41) is 3.00. The van der Waals surface area contributed by atoms with Crippen molar-refractivity contribution in [3.05, 3.63) is 102 Å². The first-order valence-corrected chi connectivity index (χ1v) is 14.2. The molecule has 4 heterocycles. The number of anilines is 1. The lowest BCUT2D eigenvalue weighted by Crippen LogP contribution is -2.40. The molecule has 190 valence electrons. The van der Waals surface area contributed by atoms with E-state index in [2.05, 4.69) is 68.7 Å². The van der Waals surface area contributed by atoms with Crippen molar-refractivity contribution in [1.82, 2.24) is 14.9 Å². The van der Waals surface area contributed by atoms with Gasteiger partial charge in [0, 0.05) is 52.4 Å². The van der Waals surface area contributed by atoms with Crippen molar-refractivity contribution < 1.29 is 4.79 Å². The number of H-pyrrole nitrogens is 1. The van der Waals surface area contributed by atoms with Crippen LogP contribution in [0.1, 0.15) is 49.6 Å². The third kappa shape index (κ3) is 4.18. The maximum atomic E-state index is 11.8. The van der Waals surface area contributed by atoms with Gasteiger partial charge in [-0.15, -0.1) is 0 Å². The summed E-state index contributed by atoms with van der Waals surface area (Å²) in [6.45, 7) is 2.47. The van der Waals surface area contributed by atoms with Crippen LogP contribution in [0.3, 0.4) is 0 Å². The van der Waals surface area contributed by atoms with Crippen LogP contribution in [-0.4, -0.2) is 32.9 Å². The van der Waals surface area contributed by atoms with Crippen molar-refractivity contribution in [3.8, 4) is 11.1 Å². The number of aromatic nitrogens is 2. The van der Waals surface area contributed by atoms with E-state index in [1.54, 1.807) is 12.5 Å². The molecule has 0 aliphatic carbocycles. The van der Waals surface area contributed by atoms with E-state index >= 15 is 0 Å². The first-order chi connectivity index (χ1) is 18.6. The summed E-state index contributed by atoms with van der Waals surface area (Å²) in [4.78, 5) is 24.9. The Morgan fingerprint density at radius 3 is 2.47 bits per heavy atom. The number of rotatable bonds is 4. The highest BCUT2D eigenvalue weighted by Gasteiger charge is 2.40. The molecule has 2 unspecified atom stereocenters. The van der Waals surface area contributed by atoms with Crippen LogP contribution in [0.15, 0.2) is 94.5 Å². The number of hydrogen-bond acceptors (Lipinski definition) is 4. The molecule has 7 rings (SSSR count). The summed E-state index contributed by atoms with van der Waals surface area (Å²) >= 11 is 1.86. The molecule has 6 heteroatoms. The van der Waals surface area contributed by atoms with Crippen molar-refractivity contribution in [2.75, 3.05) is 5.32 Å². The predicted molar refractivity (Wildman–Crippen MR) is 153 cm³/mol.